The number of rotatable bonds is 7. The Hall–Kier alpha value is -6.32. The first kappa shape index (κ1) is 37.5. The summed E-state index contributed by atoms with van der Waals surface area (Å²) in [5, 5.41) is 34.9. The standard InChI is InChI=1S/C35H39N7O9/c1-20-31(44)41-27(17-21-7-3-2-4-8-21)33(46)37-16-6-5-9-26(30(36)43)40-32(45)24-14-15-25(29(19-24)42(50)51)39-28(34(47)38-20)18-22-10-12-23(13-11-22)35(48)49/h2-4,7-8,10-15,19-20,26-28,39H,5-6,9,16-18H2,1H3,(H2,36,43)(H,37,46)(H,38,47)(H,40,45)(H,41,44)(H,48,49)/t20-,26-,27-,28-/m0/s1. The maximum Gasteiger partial charge on any atom is 0.335 e. The minimum absolute atomic E-state index is 0.00513. The number of anilines is 1. The molecule has 2 bridgehead atoms. The van der Waals surface area contributed by atoms with Crippen molar-refractivity contribution in [1.29, 1.82) is 0 Å². The largest absolute Gasteiger partial charge is 0.478 e. The number of fused-ring (bicyclic) bond motifs is 18. The zero-order valence-electron chi connectivity index (χ0n) is 27.7. The maximum atomic E-state index is 13.7. The molecule has 0 aromatic heterocycles. The molecule has 16 heteroatoms. The predicted molar refractivity (Wildman–Crippen MR) is 185 cm³/mol. The van der Waals surface area contributed by atoms with Crippen LogP contribution in [0.15, 0.2) is 72.8 Å². The summed E-state index contributed by atoms with van der Waals surface area (Å²) in [5.74, 6) is -4.65. The van der Waals surface area contributed by atoms with Crippen molar-refractivity contribution in [3.05, 3.63) is 105 Å². The number of aromatic carboxylic acids is 1. The van der Waals surface area contributed by atoms with E-state index in [1.807, 2.05) is 6.07 Å². The van der Waals surface area contributed by atoms with Crippen LogP contribution in [0.2, 0.25) is 0 Å². The average molecular weight is 702 g/mol. The van der Waals surface area contributed by atoms with Crippen molar-refractivity contribution < 1.29 is 38.8 Å². The Morgan fingerprint density at radius 2 is 1.47 bits per heavy atom. The molecule has 0 fully saturated rings. The average Bonchev–Trinajstić information content (AvgIpc) is 3.10. The molecule has 16 nitrogen and oxygen atoms in total. The van der Waals surface area contributed by atoms with Gasteiger partial charge in [0.15, 0.2) is 0 Å². The number of nitrogens with zero attached hydrogens (tertiary/aromatic N) is 1. The first-order chi connectivity index (χ1) is 24.3. The predicted octanol–water partition coefficient (Wildman–Crippen LogP) is 1.43. The Labute approximate surface area is 292 Å². The van der Waals surface area contributed by atoms with Gasteiger partial charge in [-0.15, -0.1) is 0 Å². The lowest BCUT2D eigenvalue weighted by atomic mass is 10.0. The topological polar surface area (TPSA) is 252 Å². The van der Waals surface area contributed by atoms with Gasteiger partial charge < -0.3 is 37.4 Å². The van der Waals surface area contributed by atoms with Crippen molar-refractivity contribution in [2.45, 2.75) is 63.2 Å². The smallest absolute Gasteiger partial charge is 0.335 e. The Balaban J connectivity index is 1.69. The Morgan fingerprint density at radius 3 is 2.10 bits per heavy atom. The van der Waals surface area contributed by atoms with E-state index in [4.69, 9.17) is 5.73 Å². The van der Waals surface area contributed by atoms with E-state index in [2.05, 4.69) is 26.6 Å². The lowest BCUT2D eigenvalue weighted by Gasteiger charge is -2.24. The summed E-state index contributed by atoms with van der Waals surface area (Å²) in [7, 11) is 0. The van der Waals surface area contributed by atoms with Crippen LogP contribution in [-0.2, 0) is 32.0 Å². The summed E-state index contributed by atoms with van der Waals surface area (Å²) in [5.41, 5.74) is 5.96. The van der Waals surface area contributed by atoms with Crippen molar-refractivity contribution in [3.8, 4) is 0 Å². The summed E-state index contributed by atoms with van der Waals surface area (Å²) in [6, 6.07) is 13.6. The first-order valence-electron chi connectivity index (χ1n) is 16.2. The number of benzene rings is 3. The number of carboxylic acid groups (broad SMARTS) is 1. The van der Waals surface area contributed by atoms with Gasteiger partial charge in [-0.1, -0.05) is 42.5 Å². The number of nitrogens with one attached hydrogen (secondary N) is 5. The van der Waals surface area contributed by atoms with Crippen LogP contribution in [0, 0.1) is 10.1 Å². The van der Waals surface area contributed by atoms with Crippen molar-refractivity contribution >= 4 is 46.9 Å². The zero-order valence-corrected chi connectivity index (χ0v) is 27.7. The van der Waals surface area contributed by atoms with Crippen LogP contribution in [0.4, 0.5) is 11.4 Å². The molecule has 3 aromatic rings. The summed E-state index contributed by atoms with van der Waals surface area (Å²) >= 11 is 0. The number of carbonyl (C=O) groups excluding carboxylic acids is 5. The van der Waals surface area contributed by atoms with Crippen LogP contribution in [0.1, 0.15) is 58.0 Å². The van der Waals surface area contributed by atoms with Crippen molar-refractivity contribution in [3.63, 3.8) is 0 Å². The minimum Gasteiger partial charge on any atom is -0.478 e. The fraction of sp³-hybridized carbons (Fsp3) is 0.314. The Kier molecular flexibility index (Phi) is 12.8. The number of nitro groups is 1. The number of amides is 5. The molecule has 2 aliphatic rings. The molecule has 2 heterocycles. The van der Waals surface area contributed by atoms with Gasteiger partial charge in [-0.25, -0.2) is 4.79 Å². The van der Waals surface area contributed by atoms with Crippen LogP contribution in [0.25, 0.3) is 0 Å². The van der Waals surface area contributed by atoms with Crippen LogP contribution in [-0.4, -0.2) is 76.2 Å². The highest BCUT2D eigenvalue weighted by Gasteiger charge is 2.29. The first-order valence-corrected chi connectivity index (χ1v) is 16.2. The second-order valence-corrected chi connectivity index (χ2v) is 12.1. The van der Waals surface area contributed by atoms with Crippen LogP contribution >= 0.6 is 0 Å². The van der Waals surface area contributed by atoms with Gasteiger partial charge in [0.2, 0.25) is 23.6 Å². The van der Waals surface area contributed by atoms with Crippen molar-refractivity contribution in [2.24, 2.45) is 5.73 Å². The van der Waals surface area contributed by atoms with Gasteiger partial charge in [-0.3, -0.25) is 34.1 Å². The molecule has 2 aliphatic heterocycles. The van der Waals surface area contributed by atoms with Gasteiger partial charge >= 0.3 is 5.97 Å². The van der Waals surface area contributed by atoms with E-state index >= 15 is 0 Å². The second kappa shape index (κ2) is 17.4. The van der Waals surface area contributed by atoms with Gasteiger partial charge in [0, 0.05) is 31.0 Å². The zero-order chi connectivity index (χ0) is 37.1. The number of hydrogen-bond acceptors (Lipinski definition) is 9. The van der Waals surface area contributed by atoms with Gasteiger partial charge in [-0.05, 0) is 61.6 Å². The summed E-state index contributed by atoms with van der Waals surface area (Å²) < 4.78 is 0. The molecule has 5 amide bonds. The van der Waals surface area contributed by atoms with Gasteiger partial charge in [0.05, 0.1) is 10.5 Å². The lowest BCUT2D eigenvalue weighted by Crippen LogP contribution is -2.55. The quantitative estimate of drug-likeness (QED) is 0.106. The summed E-state index contributed by atoms with van der Waals surface area (Å²) in [6.07, 6.45) is 0.944. The van der Waals surface area contributed by atoms with E-state index in [1.165, 1.54) is 43.3 Å². The van der Waals surface area contributed by atoms with Gasteiger partial charge in [0.1, 0.15) is 29.9 Å². The number of nitro benzene ring substituents is 1. The lowest BCUT2D eigenvalue weighted by molar-refractivity contribution is -0.384. The van der Waals surface area contributed by atoms with Gasteiger partial charge in [0.25, 0.3) is 11.6 Å². The number of carbonyl (C=O) groups is 6. The third-order valence-corrected chi connectivity index (χ3v) is 8.28. The molecule has 0 aliphatic carbocycles. The summed E-state index contributed by atoms with van der Waals surface area (Å²) in [4.78, 5) is 88.5. The molecule has 268 valence electrons. The minimum atomic E-state index is -1.24. The molecule has 0 spiro atoms. The monoisotopic (exact) mass is 701 g/mol. The third kappa shape index (κ3) is 10.6. The molecule has 0 unspecified atom stereocenters. The fourth-order valence-electron chi connectivity index (χ4n) is 5.43. The number of hydrogen-bond donors (Lipinski definition) is 7. The molecular formula is C35H39N7O9. The maximum absolute atomic E-state index is 13.7. The Bertz CT molecular complexity index is 1780. The van der Waals surface area contributed by atoms with Crippen LogP contribution in [0.5, 0.6) is 0 Å². The molecule has 3 aromatic carbocycles. The van der Waals surface area contributed by atoms with E-state index < -0.39 is 70.3 Å². The number of nitrogens with two attached hydrogens (primary N) is 1. The fourth-order valence-corrected chi connectivity index (χ4v) is 5.43. The molecule has 4 atom stereocenters. The van der Waals surface area contributed by atoms with E-state index in [1.54, 1.807) is 24.3 Å². The normalized spacial score (nSPS) is 20.7. The SMILES string of the molecule is C[C@@H]1NC(=O)[C@H](Cc2ccc(C(=O)O)cc2)Nc2ccc(cc2[N+](=O)[O-])C(=O)N[C@H](C(N)=O)CCCCNC(=O)[C@H](Cc2ccccc2)NC1=O. The third-order valence-electron chi connectivity index (χ3n) is 8.28. The van der Waals surface area contributed by atoms with Crippen LogP contribution < -0.4 is 32.3 Å². The van der Waals surface area contributed by atoms with E-state index in [0.717, 1.165) is 11.6 Å². The van der Waals surface area contributed by atoms with Crippen molar-refractivity contribution in [2.75, 3.05) is 11.9 Å². The molecule has 8 N–H and O–H groups in total. The molecule has 5 rings (SSSR count). The van der Waals surface area contributed by atoms with Crippen molar-refractivity contribution in [1.82, 2.24) is 21.3 Å². The molecule has 0 saturated carbocycles. The van der Waals surface area contributed by atoms with E-state index in [0.29, 0.717) is 18.4 Å². The number of carboxylic acids is 1. The van der Waals surface area contributed by atoms with E-state index in [-0.39, 0.29) is 42.6 Å². The second-order valence-electron chi connectivity index (χ2n) is 12.1. The molecule has 0 radical (unpaired) electrons. The van der Waals surface area contributed by atoms with Gasteiger partial charge in [-0.2, -0.15) is 0 Å². The molecular weight excluding hydrogens is 662 g/mol. The highest BCUT2D eigenvalue weighted by Crippen LogP contribution is 2.27. The molecule has 0 saturated heterocycles. The Morgan fingerprint density at radius 1 is 0.824 bits per heavy atom. The molecule has 51 heavy (non-hydrogen) atoms. The highest BCUT2D eigenvalue weighted by molar-refractivity contribution is 5.99. The highest BCUT2D eigenvalue weighted by atomic mass is 16.6. The van der Waals surface area contributed by atoms with Crippen LogP contribution in [0.3, 0.4) is 0 Å². The number of primary amides is 1. The summed E-state index contributed by atoms with van der Waals surface area (Å²) in [6.45, 7) is 1.60. The van der Waals surface area contributed by atoms with E-state index in [9.17, 15) is 44.0 Å².